The van der Waals surface area contributed by atoms with Gasteiger partial charge in [0, 0.05) is 12.1 Å². The second kappa shape index (κ2) is 5.49. The topological polar surface area (TPSA) is 44.1 Å². The first-order valence-electron chi connectivity index (χ1n) is 5.94. The zero-order valence-electron chi connectivity index (χ0n) is 10.6. The van der Waals surface area contributed by atoms with Crippen molar-refractivity contribution in [2.45, 2.75) is 27.0 Å². The third kappa shape index (κ3) is 2.77. The van der Waals surface area contributed by atoms with Crippen molar-refractivity contribution in [1.29, 1.82) is 0 Å². The molecule has 0 aliphatic carbocycles. The Morgan fingerprint density at radius 3 is 2.67 bits per heavy atom. The molecule has 0 fully saturated rings. The Hall–Kier alpha value is -2.10. The zero-order chi connectivity index (χ0) is 13.0. The summed E-state index contributed by atoms with van der Waals surface area (Å²) < 4.78 is 7.60. The summed E-state index contributed by atoms with van der Waals surface area (Å²) in [5.74, 6) is 0.752. The van der Waals surface area contributed by atoms with Gasteiger partial charge in [0.2, 0.25) is 0 Å². The quantitative estimate of drug-likeness (QED) is 0.759. The van der Waals surface area contributed by atoms with Crippen molar-refractivity contribution in [2.75, 3.05) is 0 Å². The van der Waals surface area contributed by atoms with Crippen LogP contribution in [0.3, 0.4) is 0 Å². The molecule has 0 aliphatic heterocycles. The lowest BCUT2D eigenvalue weighted by molar-refractivity contribution is 0.112. The molecule has 0 spiro atoms. The van der Waals surface area contributed by atoms with Crippen LogP contribution in [-0.2, 0) is 13.2 Å². The minimum absolute atomic E-state index is 0.481. The maximum Gasteiger partial charge on any atom is 0.150 e. The van der Waals surface area contributed by atoms with E-state index in [1.165, 1.54) is 0 Å². The summed E-state index contributed by atoms with van der Waals surface area (Å²) in [6.45, 7) is 5.33. The van der Waals surface area contributed by atoms with Gasteiger partial charge in [-0.2, -0.15) is 5.10 Å². The molecule has 0 N–H and O–H groups in total. The molecule has 18 heavy (non-hydrogen) atoms. The summed E-state index contributed by atoms with van der Waals surface area (Å²) in [4.78, 5) is 10.5. The lowest BCUT2D eigenvalue weighted by Crippen LogP contribution is -2.06. The number of benzene rings is 1. The third-order valence-corrected chi connectivity index (χ3v) is 2.69. The molecule has 0 saturated carbocycles. The summed E-state index contributed by atoms with van der Waals surface area (Å²) in [5.41, 5.74) is 2.69. The van der Waals surface area contributed by atoms with Gasteiger partial charge in [0.1, 0.15) is 18.6 Å². The SMILES string of the molecule is CCn1nc(C)cc1COc1ccc(C=O)cc1. The van der Waals surface area contributed by atoms with Gasteiger partial charge in [0.05, 0.1) is 11.4 Å². The van der Waals surface area contributed by atoms with Crippen molar-refractivity contribution in [1.82, 2.24) is 9.78 Å². The summed E-state index contributed by atoms with van der Waals surface area (Å²) in [5, 5.41) is 4.36. The predicted molar refractivity (Wildman–Crippen MR) is 68.8 cm³/mol. The van der Waals surface area contributed by atoms with Crippen LogP contribution in [-0.4, -0.2) is 16.1 Å². The Balaban J connectivity index is 2.03. The van der Waals surface area contributed by atoms with Gasteiger partial charge in [-0.15, -0.1) is 0 Å². The number of rotatable bonds is 5. The van der Waals surface area contributed by atoms with Gasteiger partial charge in [-0.3, -0.25) is 9.48 Å². The van der Waals surface area contributed by atoms with Crippen molar-refractivity contribution in [2.24, 2.45) is 0 Å². The van der Waals surface area contributed by atoms with Crippen LogP contribution in [0, 0.1) is 6.92 Å². The molecule has 0 atom stereocenters. The van der Waals surface area contributed by atoms with E-state index in [-0.39, 0.29) is 0 Å². The number of hydrogen-bond acceptors (Lipinski definition) is 3. The molecular formula is C14H16N2O2. The molecule has 2 aromatic rings. The van der Waals surface area contributed by atoms with Crippen LogP contribution in [0.4, 0.5) is 0 Å². The molecule has 0 amide bonds. The van der Waals surface area contributed by atoms with Crippen molar-refractivity contribution >= 4 is 6.29 Å². The second-order valence-electron chi connectivity index (χ2n) is 4.07. The van der Waals surface area contributed by atoms with Gasteiger partial charge in [-0.05, 0) is 44.2 Å². The number of aryl methyl sites for hydroxylation is 2. The van der Waals surface area contributed by atoms with Crippen LogP contribution >= 0.6 is 0 Å². The lowest BCUT2D eigenvalue weighted by atomic mass is 10.2. The van der Waals surface area contributed by atoms with E-state index in [9.17, 15) is 4.79 Å². The summed E-state index contributed by atoms with van der Waals surface area (Å²) >= 11 is 0. The van der Waals surface area contributed by atoms with Gasteiger partial charge in [0.15, 0.2) is 0 Å². The molecule has 1 heterocycles. The summed E-state index contributed by atoms with van der Waals surface area (Å²) in [7, 11) is 0. The number of nitrogens with zero attached hydrogens (tertiary/aromatic N) is 2. The molecule has 4 nitrogen and oxygen atoms in total. The fourth-order valence-corrected chi connectivity index (χ4v) is 1.79. The van der Waals surface area contributed by atoms with E-state index >= 15 is 0 Å². The Kier molecular flexibility index (Phi) is 3.77. The molecule has 94 valence electrons. The second-order valence-corrected chi connectivity index (χ2v) is 4.07. The minimum Gasteiger partial charge on any atom is -0.487 e. The largest absolute Gasteiger partial charge is 0.487 e. The molecule has 0 aliphatic rings. The van der Waals surface area contributed by atoms with Crippen LogP contribution in [0.15, 0.2) is 30.3 Å². The van der Waals surface area contributed by atoms with Crippen LogP contribution < -0.4 is 4.74 Å². The first kappa shape index (κ1) is 12.4. The minimum atomic E-state index is 0.481. The lowest BCUT2D eigenvalue weighted by Gasteiger charge is -2.07. The van der Waals surface area contributed by atoms with E-state index in [0.29, 0.717) is 12.2 Å². The van der Waals surface area contributed by atoms with E-state index in [2.05, 4.69) is 12.0 Å². The molecule has 2 rings (SSSR count). The number of aldehydes is 1. The van der Waals surface area contributed by atoms with Crippen LogP contribution in [0.2, 0.25) is 0 Å². The van der Waals surface area contributed by atoms with Crippen molar-refractivity contribution < 1.29 is 9.53 Å². The van der Waals surface area contributed by atoms with Gasteiger partial charge >= 0.3 is 0 Å². The van der Waals surface area contributed by atoms with Gasteiger partial charge < -0.3 is 4.74 Å². The highest BCUT2D eigenvalue weighted by Gasteiger charge is 2.04. The van der Waals surface area contributed by atoms with Crippen molar-refractivity contribution in [3.05, 3.63) is 47.3 Å². The van der Waals surface area contributed by atoms with E-state index in [1.807, 2.05) is 17.7 Å². The molecule has 0 bridgehead atoms. The Labute approximate surface area is 106 Å². The number of ether oxygens (including phenoxy) is 1. The zero-order valence-corrected chi connectivity index (χ0v) is 10.6. The molecular weight excluding hydrogens is 228 g/mol. The van der Waals surface area contributed by atoms with Crippen molar-refractivity contribution in [3.63, 3.8) is 0 Å². The highest BCUT2D eigenvalue weighted by molar-refractivity contribution is 5.74. The average molecular weight is 244 g/mol. The van der Waals surface area contributed by atoms with Gasteiger partial charge in [-0.1, -0.05) is 0 Å². The molecule has 0 saturated heterocycles. The fraction of sp³-hybridized carbons (Fsp3) is 0.286. The van der Waals surface area contributed by atoms with E-state index in [1.54, 1.807) is 24.3 Å². The Morgan fingerprint density at radius 1 is 1.33 bits per heavy atom. The smallest absolute Gasteiger partial charge is 0.150 e. The fourth-order valence-electron chi connectivity index (χ4n) is 1.79. The number of aromatic nitrogens is 2. The normalized spacial score (nSPS) is 10.3. The standard InChI is InChI=1S/C14H16N2O2/c1-3-16-13(8-11(2)15-16)10-18-14-6-4-12(9-17)5-7-14/h4-9H,3,10H2,1-2H3. The summed E-state index contributed by atoms with van der Waals surface area (Å²) in [6.07, 6.45) is 0.819. The van der Waals surface area contributed by atoms with Crippen LogP contribution in [0.25, 0.3) is 0 Å². The predicted octanol–water partition coefficient (Wildman–Crippen LogP) is 2.60. The van der Waals surface area contributed by atoms with E-state index in [4.69, 9.17) is 4.74 Å². The molecule has 0 radical (unpaired) electrons. The molecule has 1 aromatic heterocycles. The third-order valence-electron chi connectivity index (χ3n) is 2.69. The summed E-state index contributed by atoms with van der Waals surface area (Å²) in [6, 6.07) is 9.09. The molecule has 4 heteroatoms. The van der Waals surface area contributed by atoms with Gasteiger partial charge in [-0.25, -0.2) is 0 Å². The average Bonchev–Trinajstić information content (AvgIpc) is 2.77. The maximum atomic E-state index is 10.5. The molecule has 0 unspecified atom stereocenters. The van der Waals surface area contributed by atoms with Crippen LogP contribution in [0.1, 0.15) is 28.7 Å². The highest BCUT2D eigenvalue weighted by Crippen LogP contribution is 2.14. The van der Waals surface area contributed by atoms with Gasteiger partial charge in [0.25, 0.3) is 0 Å². The Bertz CT molecular complexity index is 529. The van der Waals surface area contributed by atoms with Crippen LogP contribution in [0.5, 0.6) is 5.75 Å². The van der Waals surface area contributed by atoms with E-state index in [0.717, 1.165) is 30.0 Å². The first-order valence-corrected chi connectivity index (χ1v) is 5.94. The number of carbonyl (C=O) groups is 1. The first-order chi connectivity index (χ1) is 8.72. The highest BCUT2D eigenvalue weighted by atomic mass is 16.5. The maximum absolute atomic E-state index is 10.5. The number of carbonyl (C=O) groups excluding carboxylic acids is 1. The molecule has 1 aromatic carbocycles. The number of hydrogen-bond donors (Lipinski definition) is 0. The van der Waals surface area contributed by atoms with Crippen molar-refractivity contribution in [3.8, 4) is 5.75 Å². The Morgan fingerprint density at radius 2 is 2.06 bits per heavy atom. The monoisotopic (exact) mass is 244 g/mol. The van der Waals surface area contributed by atoms with E-state index < -0.39 is 0 Å².